The highest BCUT2D eigenvalue weighted by molar-refractivity contribution is 5.41. The van der Waals surface area contributed by atoms with Gasteiger partial charge in [-0.05, 0) is 25.8 Å². The molecule has 0 aliphatic carbocycles. The molecule has 1 saturated heterocycles. The number of anilines is 1. The molecule has 0 unspecified atom stereocenters. The zero-order chi connectivity index (χ0) is 11.4. The minimum atomic E-state index is 0.270. The van der Waals surface area contributed by atoms with Gasteiger partial charge in [-0.25, -0.2) is 0 Å². The van der Waals surface area contributed by atoms with Crippen LogP contribution >= 0.6 is 0 Å². The molecule has 1 aromatic heterocycles. The first-order chi connectivity index (χ1) is 7.79. The summed E-state index contributed by atoms with van der Waals surface area (Å²) in [6.45, 7) is 4.54. The molecular weight excluding hydrogens is 202 g/mol. The van der Waals surface area contributed by atoms with Crippen LogP contribution in [-0.2, 0) is 0 Å². The third-order valence-corrected chi connectivity index (χ3v) is 2.78. The van der Waals surface area contributed by atoms with Gasteiger partial charge in [0.25, 0.3) is 0 Å². The summed E-state index contributed by atoms with van der Waals surface area (Å²) in [5.41, 5.74) is 5.96. The summed E-state index contributed by atoms with van der Waals surface area (Å²) >= 11 is 0. The summed E-state index contributed by atoms with van der Waals surface area (Å²) in [7, 11) is 0. The Morgan fingerprint density at radius 3 is 3.19 bits per heavy atom. The van der Waals surface area contributed by atoms with Gasteiger partial charge in [0.2, 0.25) is 5.88 Å². The lowest BCUT2D eigenvalue weighted by molar-refractivity contribution is 0.326. The van der Waals surface area contributed by atoms with Crippen LogP contribution in [0, 0.1) is 0 Å². The lowest BCUT2D eigenvalue weighted by atomic mass is 10.1. The van der Waals surface area contributed by atoms with E-state index in [-0.39, 0.29) is 6.04 Å². The fourth-order valence-corrected chi connectivity index (χ4v) is 2.03. The molecule has 1 aliphatic heterocycles. The predicted molar refractivity (Wildman–Crippen MR) is 64.8 cm³/mol. The zero-order valence-electron chi connectivity index (χ0n) is 9.72. The highest BCUT2D eigenvalue weighted by atomic mass is 16.5. The summed E-state index contributed by atoms with van der Waals surface area (Å²) in [4.78, 5) is 6.70. The smallest absolute Gasteiger partial charge is 0.215 e. The van der Waals surface area contributed by atoms with Crippen LogP contribution in [0.3, 0.4) is 0 Å². The number of nitrogens with two attached hydrogens (primary N) is 1. The van der Waals surface area contributed by atoms with E-state index in [1.807, 2.05) is 25.1 Å². The standard InChI is InChI=1S/C12H19N3O/c1-2-16-12-7-3-6-11(14-12)15-8-4-5-10(13)9-15/h3,6-7,10H,2,4-5,8-9,13H2,1H3/t10-/m1/s1. The van der Waals surface area contributed by atoms with Crippen molar-refractivity contribution in [1.29, 1.82) is 0 Å². The molecular formula is C12H19N3O. The summed E-state index contributed by atoms with van der Waals surface area (Å²) in [5.74, 6) is 1.67. The Morgan fingerprint density at radius 1 is 1.56 bits per heavy atom. The van der Waals surface area contributed by atoms with Crippen LogP contribution in [0.15, 0.2) is 18.2 Å². The SMILES string of the molecule is CCOc1cccc(N2CCC[C@@H](N)C2)n1. The van der Waals surface area contributed by atoms with E-state index in [1.54, 1.807) is 0 Å². The lowest BCUT2D eigenvalue weighted by Crippen LogP contribution is -2.43. The van der Waals surface area contributed by atoms with Crippen molar-refractivity contribution in [2.45, 2.75) is 25.8 Å². The Labute approximate surface area is 96.4 Å². The number of rotatable bonds is 3. The van der Waals surface area contributed by atoms with Crippen LogP contribution in [-0.4, -0.2) is 30.7 Å². The lowest BCUT2D eigenvalue weighted by Gasteiger charge is -2.31. The molecule has 4 heteroatoms. The van der Waals surface area contributed by atoms with Gasteiger partial charge >= 0.3 is 0 Å². The van der Waals surface area contributed by atoms with E-state index in [0.717, 1.165) is 31.7 Å². The molecule has 2 heterocycles. The second-order valence-electron chi connectivity index (χ2n) is 4.12. The molecule has 0 saturated carbocycles. The average molecular weight is 221 g/mol. The number of aromatic nitrogens is 1. The van der Waals surface area contributed by atoms with Crippen LogP contribution in [0.2, 0.25) is 0 Å². The van der Waals surface area contributed by atoms with Crippen LogP contribution in [0.1, 0.15) is 19.8 Å². The Morgan fingerprint density at radius 2 is 2.44 bits per heavy atom. The van der Waals surface area contributed by atoms with Gasteiger partial charge in [-0.15, -0.1) is 0 Å². The average Bonchev–Trinajstić information content (AvgIpc) is 2.30. The first-order valence-corrected chi connectivity index (χ1v) is 5.90. The first-order valence-electron chi connectivity index (χ1n) is 5.90. The highest BCUT2D eigenvalue weighted by Gasteiger charge is 2.17. The molecule has 0 bridgehead atoms. The first kappa shape index (κ1) is 11.2. The van der Waals surface area contributed by atoms with Crippen molar-refractivity contribution in [2.24, 2.45) is 5.73 Å². The van der Waals surface area contributed by atoms with Crippen LogP contribution in [0.4, 0.5) is 5.82 Å². The topological polar surface area (TPSA) is 51.4 Å². The summed E-state index contributed by atoms with van der Waals surface area (Å²) in [6, 6.07) is 6.15. The number of nitrogens with zero attached hydrogens (tertiary/aromatic N) is 2. The maximum Gasteiger partial charge on any atom is 0.215 e. The molecule has 1 fully saturated rings. The zero-order valence-corrected chi connectivity index (χ0v) is 9.72. The van der Waals surface area contributed by atoms with E-state index in [1.165, 1.54) is 0 Å². The second-order valence-corrected chi connectivity index (χ2v) is 4.12. The number of piperidine rings is 1. The predicted octanol–water partition coefficient (Wildman–Crippen LogP) is 1.41. The molecule has 0 spiro atoms. The summed E-state index contributed by atoms with van der Waals surface area (Å²) in [6.07, 6.45) is 2.25. The van der Waals surface area contributed by atoms with E-state index < -0.39 is 0 Å². The van der Waals surface area contributed by atoms with Gasteiger partial charge in [0.1, 0.15) is 5.82 Å². The highest BCUT2D eigenvalue weighted by Crippen LogP contribution is 2.19. The fourth-order valence-electron chi connectivity index (χ4n) is 2.03. The number of hydrogen-bond acceptors (Lipinski definition) is 4. The van der Waals surface area contributed by atoms with Gasteiger partial charge < -0.3 is 15.4 Å². The second kappa shape index (κ2) is 5.16. The van der Waals surface area contributed by atoms with E-state index in [9.17, 15) is 0 Å². The van der Waals surface area contributed by atoms with Gasteiger partial charge in [0, 0.05) is 25.2 Å². The van der Waals surface area contributed by atoms with Crippen LogP contribution in [0.25, 0.3) is 0 Å². The van der Waals surface area contributed by atoms with Crippen LogP contribution in [0.5, 0.6) is 5.88 Å². The maximum absolute atomic E-state index is 5.96. The van der Waals surface area contributed by atoms with Crippen molar-refractivity contribution >= 4 is 5.82 Å². The van der Waals surface area contributed by atoms with E-state index in [2.05, 4.69) is 9.88 Å². The van der Waals surface area contributed by atoms with Crippen LogP contribution < -0.4 is 15.4 Å². The van der Waals surface area contributed by atoms with Crippen molar-refractivity contribution in [3.63, 3.8) is 0 Å². The van der Waals surface area contributed by atoms with Crippen molar-refractivity contribution < 1.29 is 4.74 Å². The van der Waals surface area contributed by atoms with Gasteiger partial charge in [0.05, 0.1) is 6.61 Å². The van der Waals surface area contributed by atoms with Crippen molar-refractivity contribution in [1.82, 2.24) is 4.98 Å². The molecule has 4 nitrogen and oxygen atoms in total. The normalized spacial score (nSPS) is 20.9. The molecule has 0 radical (unpaired) electrons. The van der Waals surface area contributed by atoms with Gasteiger partial charge in [-0.2, -0.15) is 4.98 Å². The number of hydrogen-bond donors (Lipinski definition) is 1. The molecule has 0 aromatic carbocycles. The Bertz CT molecular complexity index is 343. The fraction of sp³-hybridized carbons (Fsp3) is 0.583. The molecule has 1 atom stereocenters. The third-order valence-electron chi connectivity index (χ3n) is 2.78. The van der Waals surface area contributed by atoms with Gasteiger partial charge in [-0.3, -0.25) is 0 Å². The largest absolute Gasteiger partial charge is 0.478 e. The molecule has 88 valence electrons. The molecule has 1 aliphatic rings. The monoisotopic (exact) mass is 221 g/mol. The van der Waals surface area contributed by atoms with E-state index in [4.69, 9.17) is 10.5 Å². The molecule has 1 aromatic rings. The summed E-state index contributed by atoms with van der Waals surface area (Å²) in [5, 5.41) is 0. The Hall–Kier alpha value is -1.29. The third kappa shape index (κ3) is 2.64. The van der Waals surface area contributed by atoms with E-state index >= 15 is 0 Å². The molecule has 0 amide bonds. The Balaban J connectivity index is 2.09. The van der Waals surface area contributed by atoms with Crippen molar-refractivity contribution in [2.75, 3.05) is 24.6 Å². The van der Waals surface area contributed by atoms with Gasteiger partial charge in [0.15, 0.2) is 0 Å². The maximum atomic E-state index is 5.96. The minimum absolute atomic E-state index is 0.270. The van der Waals surface area contributed by atoms with Gasteiger partial charge in [-0.1, -0.05) is 6.07 Å². The van der Waals surface area contributed by atoms with Crippen molar-refractivity contribution in [3.8, 4) is 5.88 Å². The number of pyridine rings is 1. The van der Waals surface area contributed by atoms with E-state index in [0.29, 0.717) is 12.5 Å². The molecule has 2 rings (SSSR count). The molecule has 2 N–H and O–H groups in total. The minimum Gasteiger partial charge on any atom is -0.478 e. The van der Waals surface area contributed by atoms with Crippen molar-refractivity contribution in [3.05, 3.63) is 18.2 Å². The summed E-state index contributed by atoms with van der Waals surface area (Å²) < 4.78 is 5.40. The quantitative estimate of drug-likeness (QED) is 0.838. The number of ether oxygens (including phenoxy) is 1. The Kier molecular flexibility index (Phi) is 3.62. The molecule has 16 heavy (non-hydrogen) atoms.